The minimum atomic E-state index is -0.271. The zero-order valence-electron chi connectivity index (χ0n) is 13.9. The molecule has 0 saturated heterocycles. The first-order valence-electron chi connectivity index (χ1n) is 7.72. The van der Waals surface area contributed by atoms with E-state index >= 15 is 0 Å². The van der Waals surface area contributed by atoms with E-state index in [4.69, 9.17) is 0 Å². The number of hydrogen-bond acceptors (Lipinski definition) is 5. The molecule has 0 bridgehead atoms. The molecule has 1 aromatic carbocycles. The van der Waals surface area contributed by atoms with E-state index in [2.05, 4.69) is 30.8 Å². The highest BCUT2D eigenvalue weighted by Gasteiger charge is 2.05. The number of amides is 2. The zero-order valence-corrected chi connectivity index (χ0v) is 14.7. The Morgan fingerprint density at radius 1 is 1.12 bits per heavy atom. The summed E-state index contributed by atoms with van der Waals surface area (Å²) in [7, 11) is 0. The van der Waals surface area contributed by atoms with Gasteiger partial charge in [-0.2, -0.15) is 5.10 Å². The number of H-pyrrole nitrogens is 1. The van der Waals surface area contributed by atoms with Crippen LogP contribution in [0.25, 0.3) is 0 Å². The molecule has 0 fully saturated rings. The van der Waals surface area contributed by atoms with Gasteiger partial charge in [-0.15, -0.1) is 0 Å². The summed E-state index contributed by atoms with van der Waals surface area (Å²) in [5.41, 5.74) is 3.45. The molecule has 0 atom stereocenters. The number of hydrogen-bond donors (Lipinski definition) is 3. The Hall–Kier alpha value is -2.87. The first-order valence-corrected chi connectivity index (χ1v) is 8.53. The van der Waals surface area contributed by atoms with E-state index in [1.165, 1.54) is 11.8 Å². The summed E-state index contributed by atoms with van der Waals surface area (Å²) < 4.78 is 0. The van der Waals surface area contributed by atoms with E-state index in [0.717, 1.165) is 27.1 Å². The normalized spacial score (nSPS) is 10.5. The van der Waals surface area contributed by atoms with Crippen LogP contribution in [0.5, 0.6) is 0 Å². The van der Waals surface area contributed by atoms with Crippen molar-refractivity contribution in [1.82, 2.24) is 25.5 Å². The lowest BCUT2D eigenvalue weighted by molar-refractivity contribution is 0.251. The summed E-state index contributed by atoms with van der Waals surface area (Å²) in [5, 5.41) is 12.9. The second kappa shape index (κ2) is 7.80. The Balaban J connectivity index is 1.55. The highest BCUT2D eigenvalue weighted by molar-refractivity contribution is 7.99. The van der Waals surface area contributed by atoms with Crippen molar-refractivity contribution in [3.63, 3.8) is 0 Å². The molecule has 0 aliphatic rings. The first-order chi connectivity index (χ1) is 12.1. The minimum Gasteiger partial charge on any atom is -0.332 e. The van der Waals surface area contributed by atoms with Gasteiger partial charge in [0.1, 0.15) is 0 Å². The maximum absolute atomic E-state index is 11.9. The minimum absolute atomic E-state index is 0.271. The molecule has 128 valence electrons. The van der Waals surface area contributed by atoms with E-state index in [0.29, 0.717) is 12.2 Å². The molecule has 0 aliphatic heterocycles. The molecule has 0 unspecified atom stereocenters. The van der Waals surface area contributed by atoms with Crippen molar-refractivity contribution in [2.24, 2.45) is 0 Å². The highest BCUT2D eigenvalue weighted by Crippen LogP contribution is 2.26. The second-order valence-electron chi connectivity index (χ2n) is 5.45. The van der Waals surface area contributed by atoms with Crippen LogP contribution >= 0.6 is 11.8 Å². The summed E-state index contributed by atoms with van der Waals surface area (Å²) in [5.74, 6) is 0. The fraction of sp³-hybridized carbons (Fsp3) is 0.176. The van der Waals surface area contributed by atoms with Crippen LogP contribution in [0.15, 0.2) is 52.6 Å². The largest absolute Gasteiger partial charge is 0.332 e. The topological polar surface area (TPSA) is 95.6 Å². The van der Waals surface area contributed by atoms with Crippen molar-refractivity contribution in [2.45, 2.75) is 30.4 Å². The van der Waals surface area contributed by atoms with Crippen molar-refractivity contribution in [1.29, 1.82) is 0 Å². The maximum Gasteiger partial charge on any atom is 0.319 e. The van der Waals surface area contributed by atoms with Gasteiger partial charge in [-0.1, -0.05) is 0 Å². The van der Waals surface area contributed by atoms with Gasteiger partial charge in [-0.3, -0.25) is 5.10 Å². The molecule has 2 heterocycles. The number of aromatic nitrogens is 4. The predicted molar refractivity (Wildman–Crippen MR) is 96.5 cm³/mol. The van der Waals surface area contributed by atoms with Crippen molar-refractivity contribution < 1.29 is 4.79 Å². The quantitative estimate of drug-likeness (QED) is 0.611. The fourth-order valence-corrected chi connectivity index (χ4v) is 3.05. The van der Waals surface area contributed by atoms with Gasteiger partial charge in [-0.25, -0.2) is 14.8 Å². The van der Waals surface area contributed by atoms with Crippen LogP contribution in [0.3, 0.4) is 0 Å². The van der Waals surface area contributed by atoms with Crippen LogP contribution in [0.4, 0.5) is 10.5 Å². The number of nitrogens with one attached hydrogen (secondary N) is 3. The summed E-state index contributed by atoms with van der Waals surface area (Å²) >= 11 is 1.49. The van der Waals surface area contributed by atoms with E-state index in [-0.39, 0.29) is 6.03 Å². The van der Waals surface area contributed by atoms with Gasteiger partial charge in [0.2, 0.25) is 0 Å². The second-order valence-corrected chi connectivity index (χ2v) is 6.49. The number of rotatable bonds is 5. The third-order valence-corrected chi connectivity index (χ3v) is 4.15. The van der Waals surface area contributed by atoms with Gasteiger partial charge in [-0.05, 0) is 62.0 Å². The molecule has 3 rings (SSSR count). The molecular formula is C17H18N6OS. The lowest BCUT2D eigenvalue weighted by atomic mass is 10.3. The molecule has 25 heavy (non-hydrogen) atoms. The Kier molecular flexibility index (Phi) is 5.30. The van der Waals surface area contributed by atoms with Gasteiger partial charge in [0.25, 0.3) is 0 Å². The Morgan fingerprint density at radius 3 is 2.48 bits per heavy atom. The number of aromatic amines is 1. The molecule has 0 aliphatic carbocycles. The molecule has 3 N–H and O–H groups in total. The van der Waals surface area contributed by atoms with Gasteiger partial charge in [0.05, 0.1) is 12.2 Å². The molecule has 2 amide bonds. The van der Waals surface area contributed by atoms with Crippen LogP contribution in [0, 0.1) is 13.8 Å². The number of nitrogens with zero attached hydrogens (tertiary/aromatic N) is 3. The Bertz CT molecular complexity index is 828. The van der Waals surface area contributed by atoms with Crippen LogP contribution in [-0.4, -0.2) is 26.2 Å². The average molecular weight is 354 g/mol. The maximum atomic E-state index is 11.9. The van der Waals surface area contributed by atoms with Crippen molar-refractivity contribution in [3.05, 3.63) is 59.7 Å². The molecule has 0 spiro atoms. The number of anilines is 1. The third kappa shape index (κ3) is 5.05. The lowest BCUT2D eigenvalue weighted by Crippen LogP contribution is -2.28. The standard InChI is InChI=1S/C17H18N6OS/c1-11-9-12(2)21-17(20-11)25-15-5-3-13(4-6-15)22-16(24)18-10-14-7-8-19-23-14/h3-9H,10H2,1-2H3,(H,19,23)(H2,18,22,24). The van der Waals surface area contributed by atoms with Crippen molar-refractivity contribution in [3.8, 4) is 0 Å². The van der Waals surface area contributed by atoms with Crippen LogP contribution < -0.4 is 10.6 Å². The van der Waals surface area contributed by atoms with E-state index in [1.807, 2.05) is 44.2 Å². The van der Waals surface area contributed by atoms with Crippen LogP contribution in [0.2, 0.25) is 0 Å². The first kappa shape index (κ1) is 17.0. The molecule has 0 saturated carbocycles. The average Bonchev–Trinajstić information content (AvgIpc) is 3.07. The molecule has 8 heteroatoms. The fourth-order valence-electron chi connectivity index (χ4n) is 2.18. The number of carbonyl (C=O) groups is 1. The predicted octanol–water partition coefficient (Wildman–Crippen LogP) is 3.29. The van der Waals surface area contributed by atoms with Gasteiger partial charge in [0, 0.05) is 28.2 Å². The molecule has 7 nitrogen and oxygen atoms in total. The number of urea groups is 1. The van der Waals surface area contributed by atoms with Crippen LogP contribution in [-0.2, 0) is 6.54 Å². The number of aryl methyl sites for hydroxylation is 2. The number of carbonyl (C=O) groups excluding carboxylic acids is 1. The monoisotopic (exact) mass is 354 g/mol. The SMILES string of the molecule is Cc1cc(C)nc(Sc2ccc(NC(=O)NCc3ccn[nH]3)cc2)n1. The third-order valence-electron chi connectivity index (χ3n) is 3.28. The van der Waals surface area contributed by atoms with E-state index in [1.54, 1.807) is 12.3 Å². The lowest BCUT2D eigenvalue weighted by Gasteiger charge is -2.08. The van der Waals surface area contributed by atoms with Crippen LogP contribution in [0.1, 0.15) is 17.1 Å². The van der Waals surface area contributed by atoms with Gasteiger partial charge < -0.3 is 10.6 Å². The Labute approximate surface area is 149 Å². The molecular weight excluding hydrogens is 336 g/mol. The van der Waals surface area contributed by atoms with Gasteiger partial charge >= 0.3 is 6.03 Å². The van der Waals surface area contributed by atoms with Crippen molar-refractivity contribution >= 4 is 23.5 Å². The number of benzene rings is 1. The van der Waals surface area contributed by atoms with Gasteiger partial charge in [0.15, 0.2) is 5.16 Å². The zero-order chi connectivity index (χ0) is 17.6. The van der Waals surface area contributed by atoms with Crippen molar-refractivity contribution in [2.75, 3.05) is 5.32 Å². The molecule has 2 aromatic heterocycles. The summed E-state index contributed by atoms with van der Waals surface area (Å²) in [4.78, 5) is 21.7. The summed E-state index contributed by atoms with van der Waals surface area (Å²) in [6.07, 6.45) is 1.64. The Morgan fingerprint density at radius 2 is 1.84 bits per heavy atom. The molecule has 0 radical (unpaired) electrons. The van der Waals surface area contributed by atoms with E-state index < -0.39 is 0 Å². The summed E-state index contributed by atoms with van der Waals surface area (Å²) in [6.45, 7) is 4.30. The smallest absolute Gasteiger partial charge is 0.319 e. The van der Waals surface area contributed by atoms with E-state index in [9.17, 15) is 4.79 Å². The highest BCUT2D eigenvalue weighted by atomic mass is 32.2. The summed E-state index contributed by atoms with van der Waals surface area (Å²) in [6, 6.07) is 11.0. The molecule has 3 aromatic rings.